The van der Waals surface area contributed by atoms with E-state index < -0.39 is 0 Å². The van der Waals surface area contributed by atoms with E-state index in [0.717, 1.165) is 15.6 Å². The number of aryl methyl sites for hydroxylation is 3. The molecule has 0 amide bonds. The first-order chi connectivity index (χ1) is 8.90. The van der Waals surface area contributed by atoms with Crippen molar-refractivity contribution in [2.45, 2.75) is 25.6 Å². The second-order valence-corrected chi connectivity index (χ2v) is 6.61. The molecule has 19 heavy (non-hydrogen) atoms. The predicted molar refractivity (Wildman–Crippen MR) is 85.5 cm³/mol. The van der Waals surface area contributed by atoms with Crippen LogP contribution in [0.3, 0.4) is 0 Å². The zero-order chi connectivity index (χ0) is 14.2. The molecule has 1 unspecified atom stereocenters. The van der Waals surface area contributed by atoms with Crippen LogP contribution in [-0.4, -0.2) is 0 Å². The Morgan fingerprint density at radius 3 is 2.00 bits per heavy atom. The fourth-order valence-corrected chi connectivity index (χ4v) is 3.03. The van der Waals surface area contributed by atoms with Gasteiger partial charge in [0.25, 0.3) is 0 Å². The number of rotatable bonds is 2. The Kier molecular flexibility index (Phi) is 4.46. The monoisotopic (exact) mass is 384 g/mol. The van der Waals surface area contributed by atoms with Gasteiger partial charge in [-0.2, -0.15) is 0 Å². The summed E-state index contributed by atoms with van der Waals surface area (Å²) >= 11 is 7.25. The summed E-state index contributed by atoms with van der Waals surface area (Å²) in [6.07, 6.45) is 0. The van der Waals surface area contributed by atoms with Gasteiger partial charge in [0.15, 0.2) is 0 Å². The quantitative estimate of drug-likeness (QED) is 0.556. The molecule has 2 rings (SSSR count). The van der Waals surface area contributed by atoms with Crippen LogP contribution >= 0.6 is 31.9 Å². The topological polar surface area (TPSA) is 0 Å². The van der Waals surface area contributed by atoms with E-state index >= 15 is 0 Å². The Morgan fingerprint density at radius 1 is 0.895 bits per heavy atom. The lowest BCUT2D eigenvalue weighted by atomic mass is 9.99. The molecule has 1 atom stereocenters. The minimum atomic E-state index is -0.117. The predicted octanol–water partition coefficient (Wildman–Crippen LogP) is 6.00. The van der Waals surface area contributed by atoms with Crippen molar-refractivity contribution in [3.8, 4) is 0 Å². The maximum atomic E-state index is 13.7. The van der Waals surface area contributed by atoms with E-state index in [1.807, 2.05) is 12.1 Å². The molecule has 2 aromatic rings. The van der Waals surface area contributed by atoms with Crippen LogP contribution in [0.2, 0.25) is 0 Å². The van der Waals surface area contributed by atoms with E-state index in [-0.39, 0.29) is 10.6 Å². The maximum Gasteiger partial charge on any atom is 0.129 e. The highest BCUT2D eigenvalue weighted by atomic mass is 79.9. The Hall–Kier alpha value is -0.670. The van der Waals surface area contributed by atoms with Gasteiger partial charge < -0.3 is 0 Å². The minimum absolute atomic E-state index is 0.0717. The van der Waals surface area contributed by atoms with Crippen molar-refractivity contribution in [1.82, 2.24) is 0 Å². The summed E-state index contributed by atoms with van der Waals surface area (Å²) in [5, 5.41) is 0. The van der Waals surface area contributed by atoms with Crippen LogP contribution in [0.4, 0.5) is 4.39 Å². The summed E-state index contributed by atoms with van der Waals surface area (Å²) < 4.78 is 14.8. The van der Waals surface area contributed by atoms with Gasteiger partial charge in [0.1, 0.15) is 5.82 Å². The van der Waals surface area contributed by atoms with Crippen molar-refractivity contribution in [3.05, 3.63) is 68.4 Å². The van der Waals surface area contributed by atoms with Gasteiger partial charge in [0.05, 0.1) is 4.83 Å². The first-order valence-corrected chi connectivity index (χ1v) is 7.77. The average molecular weight is 386 g/mol. The summed E-state index contributed by atoms with van der Waals surface area (Å²) in [7, 11) is 0. The van der Waals surface area contributed by atoms with Crippen molar-refractivity contribution in [2.24, 2.45) is 0 Å². The Labute approximate surface area is 130 Å². The molecule has 0 N–H and O–H groups in total. The summed E-state index contributed by atoms with van der Waals surface area (Å²) in [6.45, 7) is 5.66. The van der Waals surface area contributed by atoms with Gasteiger partial charge in [-0.05, 0) is 54.7 Å². The van der Waals surface area contributed by atoms with E-state index in [2.05, 4.69) is 57.0 Å². The summed E-state index contributed by atoms with van der Waals surface area (Å²) in [5.41, 5.74) is 4.81. The number of hydrogen-bond donors (Lipinski definition) is 0. The Balaban J connectivity index is 2.43. The van der Waals surface area contributed by atoms with Crippen LogP contribution in [0.5, 0.6) is 0 Å². The van der Waals surface area contributed by atoms with Gasteiger partial charge in [-0.25, -0.2) is 4.39 Å². The second kappa shape index (κ2) is 5.76. The molecule has 0 bridgehead atoms. The van der Waals surface area contributed by atoms with Crippen LogP contribution in [-0.2, 0) is 0 Å². The van der Waals surface area contributed by atoms with Gasteiger partial charge in [-0.1, -0.05) is 56.1 Å². The normalized spacial score (nSPS) is 12.5. The molecule has 0 nitrogen and oxygen atoms in total. The van der Waals surface area contributed by atoms with E-state index in [1.165, 1.54) is 5.56 Å². The molecule has 3 heteroatoms. The third-order valence-electron chi connectivity index (χ3n) is 3.24. The number of hydrogen-bond acceptors (Lipinski definition) is 0. The number of halogens is 3. The van der Waals surface area contributed by atoms with Crippen molar-refractivity contribution < 1.29 is 4.39 Å². The Bertz CT molecular complexity index is 597. The van der Waals surface area contributed by atoms with Crippen molar-refractivity contribution in [2.75, 3.05) is 0 Å². The van der Waals surface area contributed by atoms with Crippen molar-refractivity contribution in [1.29, 1.82) is 0 Å². The standard InChI is InChI=1S/C16H15Br2F/c1-9-4-5-12(8-14(9)17)15(18)13-6-10(2)16(19)11(3)7-13/h4-8,15H,1-3H3. The van der Waals surface area contributed by atoms with Crippen LogP contribution in [0.15, 0.2) is 34.8 Å². The molecule has 0 spiro atoms. The molecule has 0 fully saturated rings. The van der Waals surface area contributed by atoms with Crippen LogP contribution < -0.4 is 0 Å². The highest BCUT2D eigenvalue weighted by Crippen LogP contribution is 2.34. The van der Waals surface area contributed by atoms with Crippen molar-refractivity contribution in [3.63, 3.8) is 0 Å². The highest BCUT2D eigenvalue weighted by molar-refractivity contribution is 9.10. The van der Waals surface area contributed by atoms with Crippen LogP contribution in [0, 0.1) is 26.6 Å². The largest absolute Gasteiger partial charge is 0.206 e. The van der Waals surface area contributed by atoms with E-state index in [1.54, 1.807) is 13.8 Å². The fraction of sp³-hybridized carbons (Fsp3) is 0.250. The second-order valence-electron chi connectivity index (χ2n) is 4.84. The molecule has 0 radical (unpaired) electrons. The number of alkyl halides is 1. The molecule has 0 aliphatic heterocycles. The van der Waals surface area contributed by atoms with E-state index in [4.69, 9.17) is 0 Å². The molecule has 2 aromatic carbocycles. The lowest BCUT2D eigenvalue weighted by Crippen LogP contribution is -1.97. The molecule has 0 aliphatic rings. The van der Waals surface area contributed by atoms with Gasteiger partial charge in [0, 0.05) is 4.47 Å². The summed E-state index contributed by atoms with van der Waals surface area (Å²) in [4.78, 5) is 0.0717. The SMILES string of the molecule is Cc1ccc(C(Br)c2cc(C)c(F)c(C)c2)cc1Br. The minimum Gasteiger partial charge on any atom is -0.206 e. The zero-order valence-corrected chi connectivity index (χ0v) is 14.3. The van der Waals surface area contributed by atoms with Crippen molar-refractivity contribution >= 4 is 31.9 Å². The molecule has 0 saturated carbocycles. The van der Waals surface area contributed by atoms with Crippen LogP contribution in [0.1, 0.15) is 32.6 Å². The lowest BCUT2D eigenvalue weighted by Gasteiger charge is -2.14. The highest BCUT2D eigenvalue weighted by Gasteiger charge is 2.14. The average Bonchev–Trinajstić information content (AvgIpc) is 2.37. The zero-order valence-electron chi connectivity index (χ0n) is 11.1. The van der Waals surface area contributed by atoms with Gasteiger partial charge >= 0.3 is 0 Å². The number of benzene rings is 2. The molecule has 100 valence electrons. The van der Waals surface area contributed by atoms with E-state index in [0.29, 0.717) is 11.1 Å². The first-order valence-electron chi connectivity index (χ1n) is 6.07. The molecule has 0 aromatic heterocycles. The maximum absolute atomic E-state index is 13.7. The Morgan fingerprint density at radius 2 is 1.47 bits per heavy atom. The van der Waals surface area contributed by atoms with Crippen LogP contribution in [0.25, 0.3) is 0 Å². The van der Waals surface area contributed by atoms with Gasteiger partial charge in [-0.3, -0.25) is 0 Å². The third kappa shape index (κ3) is 3.09. The smallest absolute Gasteiger partial charge is 0.129 e. The third-order valence-corrected chi connectivity index (χ3v) is 5.15. The summed E-state index contributed by atoms with van der Waals surface area (Å²) in [5.74, 6) is -0.117. The molecule has 0 saturated heterocycles. The van der Waals surface area contributed by atoms with Gasteiger partial charge in [-0.15, -0.1) is 0 Å². The molecular formula is C16H15Br2F. The van der Waals surface area contributed by atoms with E-state index in [9.17, 15) is 4.39 Å². The molecule has 0 heterocycles. The molecule has 0 aliphatic carbocycles. The summed E-state index contributed by atoms with van der Waals surface area (Å²) in [6, 6.07) is 10.1. The molecular weight excluding hydrogens is 371 g/mol. The van der Waals surface area contributed by atoms with Gasteiger partial charge in [0.2, 0.25) is 0 Å². The fourth-order valence-electron chi connectivity index (χ4n) is 2.08. The lowest BCUT2D eigenvalue weighted by molar-refractivity contribution is 0.608. The first kappa shape index (κ1) is 14.7.